The van der Waals surface area contributed by atoms with E-state index in [0.717, 1.165) is 17.5 Å². The van der Waals surface area contributed by atoms with Gasteiger partial charge in [0.2, 0.25) is 0 Å². The predicted octanol–water partition coefficient (Wildman–Crippen LogP) is 3.73. The maximum Gasteiger partial charge on any atom is 0.416 e. The molecule has 0 spiro atoms. The fraction of sp³-hybridized carbons (Fsp3) is 0.143. The van der Waals surface area contributed by atoms with Crippen LogP contribution in [0.3, 0.4) is 0 Å². The fourth-order valence-corrected chi connectivity index (χ4v) is 2.09. The second kappa shape index (κ2) is 4.76. The van der Waals surface area contributed by atoms with Crippen LogP contribution in [0.1, 0.15) is 5.56 Å². The van der Waals surface area contributed by atoms with Gasteiger partial charge in [0.15, 0.2) is 0 Å². The highest BCUT2D eigenvalue weighted by Crippen LogP contribution is 2.32. The highest BCUT2D eigenvalue weighted by Gasteiger charge is 2.30. The molecule has 0 amide bonds. The summed E-state index contributed by atoms with van der Waals surface area (Å²) in [7, 11) is 1.84. The van der Waals surface area contributed by atoms with Crippen LogP contribution < -0.4 is 5.32 Å². The second-order valence-electron chi connectivity index (χ2n) is 4.59. The Labute approximate surface area is 118 Å². The number of aromatic nitrogens is 3. The summed E-state index contributed by atoms with van der Waals surface area (Å²) in [6.07, 6.45) is -1.18. The maximum absolute atomic E-state index is 12.7. The number of alkyl halides is 3. The standard InChI is InChI=1S/C14H11F3N4/c1-21-6-5-11-12(18-8-19-13(11)21)20-10-4-2-3-9(7-10)14(15,16)17/h2-8H,1H3,(H,18,19,20). The van der Waals surface area contributed by atoms with Gasteiger partial charge in [-0.25, -0.2) is 9.97 Å². The van der Waals surface area contributed by atoms with Crippen molar-refractivity contribution in [1.82, 2.24) is 14.5 Å². The third kappa shape index (κ3) is 2.54. The number of halogens is 3. The zero-order chi connectivity index (χ0) is 15.0. The molecule has 0 unspecified atom stereocenters. The quantitative estimate of drug-likeness (QED) is 0.782. The van der Waals surface area contributed by atoms with Gasteiger partial charge >= 0.3 is 6.18 Å². The van der Waals surface area contributed by atoms with Crippen molar-refractivity contribution in [1.29, 1.82) is 0 Å². The monoisotopic (exact) mass is 292 g/mol. The highest BCUT2D eigenvalue weighted by atomic mass is 19.4. The second-order valence-corrected chi connectivity index (χ2v) is 4.59. The van der Waals surface area contributed by atoms with Crippen molar-refractivity contribution >= 4 is 22.5 Å². The van der Waals surface area contributed by atoms with Crippen molar-refractivity contribution in [3.63, 3.8) is 0 Å². The lowest BCUT2D eigenvalue weighted by Crippen LogP contribution is -2.05. The Morgan fingerprint density at radius 1 is 1.14 bits per heavy atom. The summed E-state index contributed by atoms with van der Waals surface area (Å²) in [5.41, 5.74) is 0.332. The van der Waals surface area contributed by atoms with Crippen molar-refractivity contribution in [3.05, 3.63) is 48.4 Å². The van der Waals surface area contributed by atoms with E-state index in [2.05, 4.69) is 15.3 Å². The molecule has 0 fully saturated rings. The summed E-state index contributed by atoms with van der Waals surface area (Å²) >= 11 is 0. The van der Waals surface area contributed by atoms with E-state index in [0.29, 0.717) is 17.2 Å². The number of nitrogens with one attached hydrogen (secondary N) is 1. The first kappa shape index (κ1) is 13.4. The molecule has 1 N–H and O–H groups in total. The Morgan fingerprint density at radius 3 is 2.71 bits per heavy atom. The number of nitrogens with zero attached hydrogens (tertiary/aromatic N) is 3. The normalized spacial score (nSPS) is 11.8. The summed E-state index contributed by atoms with van der Waals surface area (Å²) in [5.74, 6) is 0.472. The minimum Gasteiger partial charge on any atom is -0.340 e. The van der Waals surface area contributed by atoms with E-state index in [1.165, 1.54) is 12.4 Å². The molecule has 2 aromatic heterocycles. The fourth-order valence-electron chi connectivity index (χ4n) is 2.09. The molecule has 108 valence electrons. The lowest BCUT2D eigenvalue weighted by molar-refractivity contribution is -0.137. The third-order valence-electron chi connectivity index (χ3n) is 3.11. The number of rotatable bonds is 2. The van der Waals surface area contributed by atoms with Gasteiger partial charge in [-0.1, -0.05) is 6.07 Å². The smallest absolute Gasteiger partial charge is 0.340 e. The van der Waals surface area contributed by atoms with Gasteiger partial charge in [0, 0.05) is 18.9 Å². The molecule has 21 heavy (non-hydrogen) atoms. The van der Waals surface area contributed by atoms with Gasteiger partial charge in [-0.2, -0.15) is 13.2 Å². The van der Waals surface area contributed by atoms with Gasteiger partial charge in [0.1, 0.15) is 17.8 Å². The summed E-state index contributed by atoms with van der Waals surface area (Å²) in [6.45, 7) is 0. The molecule has 0 saturated heterocycles. The number of benzene rings is 1. The van der Waals surface area contributed by atoms with Crippen molar-refractivity contribution in [2.75, 3.05) is 5.32 Å². The molecular formula is C14H11F3N4. The summed E-state index contributed by atoms with van der Waals surface area (Å²) in [6, 6.07) is 6.81. The van der Waals surface area contributed by atoms with E-state index in [4.69, 9.17) is 0 Å². The minimum absolute atomic E-state index is 0.327. The molecule has 0 radical (unpaired) electrons. The van der Waals surface area contributed by atoms with Crippen LogP contribution in [0.5, 0.6) is 0 Å². The molecule has 0 aliphatic heterocycles. The molecule has 0 saturated carbocycles. The largest absolute Gasteiger partial charge is 0.416 e. The molecule has 2 heterocycles. The predicted molar refractivity (Wildman–Crippen MR) is 73.2 cm³/mol. The molecule has 0 aliphatic carbocycles. The Bertz CT molecular complexity index is 792. The van der Waals surface area contributed by atoms with E-state index in [1.54, 1.807) is 6.07 Å². The van der Waals surface area contributed by atoms with E-state index >= 15 is 0 Å². The Kier molecular flexibility index (Phi) is 3.04. The van der Waals surface area contributed by atoms with Gasteiger partial charge in [-0.05, 0) is 24.3 Å². The Balaban J connectivity index is 1.99. The van der Waals surface area contributed by atoms with Crippen LogP contribution >= 0.6 is 0 Å². The zero-order valence-corrected chi connectivity index (χ0v) is 11.0. The number of anilines is 2. The molecule has 0 atom stereocenters. The SMILES string of the molecule is Cn1ccc2c(Nc3cccc(C(F)(F)F)c3)ncnc21. The molecule has 0 aliphatic rings. The molecule has 4 nitrogen and oxygen atoms in total. The van der Waals surface area contributed by atoms with Gasteiger partial charge in [0.25, 0.3) is 0 Å². The van der Waals surface area contributed by atoms with Gasteiger partial charge < -0.3 is 9.88 Å². The average Bonchev–Trinajstić information content (AvgIpc) is 2.81. The van der Waals surface area contributed by atoms with E-state index in [-0.39, 0.29) is 0 Å². The van der Waals surface area contributed by atoms with Crippen molar-refractivity contribution in [2.45, 2.75) is 6.18 Å². The van der Waals surface area contributed by atoms with Crippen molar-refractivity contribution < 1.29 is 13.2 Å². The molecule has 7 heteroatoms. The first-order chi connectivity index (χ1) is 9.95. The molecule has 3 aromatic rings. The summed E-state index contributed by atoms with van der Waals surface area (Å²) in [4.78, 5) is 8.22. The lowest BCUT2D eigenvalue weighted by atomic mass is 10.2. The zero-order valence-electron chi connectivity index (χ0n) is 11.0. The van der Waals surface area contributed by atoms with Crippen LogP contribution in [0.4, 0.5) is 24.7 Å². The Hall–Kier alpha value is -2.57. The van der Waals surface area contributed by atoms with Crippen LogP contribution in [0, 0.1) is 0 Å². The summed E-state index contributed by atoms with van der Waals surface area (Å²) < 4.78 is 39.9. The Morgan fingerprint density at radius 2 is 1.95 bits per heavy atom. The van der Waals surface area contributed by atoms with Gasteiger partial charge in [-0.15, -0.1) is 0 Å². The maximum atomic E-state index is 12.7. The molecule has 1 aromatic carbocycles. The number of aryl methyl sites for hydroxylation is 1. The van der Waals surface area contributed by atoms with Crippen molar-refractivity contribution in [2.24, 2.45) is 7.05 Å². The van der Waals surface area contributed by atoms with Gasteiger partial charge in [-0.3, -0.25) is 0 Å². The first-order valence-electron chi connectivity index (χ1n) is 6.15. The van der Waals surface area contributed by atoms with Crippen LogP contribution in [0.2, 0.25) is 0 Å². The van der Waals surface area contributed by atoms with Crippen LogP contribution in [-0.4, -0.2) is 14.5 Å². The molecular weight excluding hydrogens is 281 g/mol. The lowest BCUT2D eigenvalue weighted by Gasteiger charge is -2.10. The summed E-state index contributed by atoms with van der Waals surface area (Å²) in [5, 5.41) is 3.66. The number of hydrogen-bond donors (Lipinski definition) is 1. The van der Waals surface area contributed by atoms with E-state index in [9.17, 15) is 13.2 Å². The number of fused-ring (bicyclic) bond motifs is 1. The van der Waals surface area contributed by atoms with Crippen LogP contribution in [0.15, 0.2) is 42.9 Å². The third-order valence-corrected chi connectivity index (χ3v) is 3.11. The molecule has 0 bridgehead atoms. The highest BCUT2D eigenvalue weighted by molar-refractivity contribution is 5.89. The number of hydrogen-bond acceptors (Lipinski definition) is 3. The average molecular weight is 292 g/mol. The van der Waals surface area contributed by atoms with Crippen molar-refractivity contribution in [3.8, 4) is 0 Å². The first-order valence-corrected chi connectivity index (χ1v) is 6.15. The van der Waals surface area contributed by atoms with Gasteiger partial charge in [0.05, 0.1) is 10.9 Å². The van der Waals surface area contributed by atoms with E-state index < -0.39 is 11.7 Å². The minimum atomic E-state index is -4.37. The van der Waals surface area contributed by atoms with Crippen LogP contribution in [-0.2, 0) is 13.2 Å². The van der Waals surface area contributed by atoms with Crippen LogP contribution in [0.25, 0.3) is 11.0 Å². The van der Waals surface area contributed by atoms with E-state index in [1.807, 2.05) is 23.9 Å². The topological polar surface area (TPSA) is 42.7 Å². The molecule has 3 rings (SSSR count).